The maximum Gasteiger partial charge on any atom is 0.129 e. The summed E-state index contributed by atoms with van der Waals surface area (Å²) in [6.45, 7) is 29.3. The first-order chi connectivity index (χ1) is 26.9. The van der Waals surface area contributed by atoms with Crippen molar-refractivity contribution in [3.05, 3.63) is 168 Å². The van der Waals surface area contributed by atoms with Gasteiger partial charge in [0.1, 0.15) is 8.07 Å². The molecular weight excluding hydrogens is 984 g/mol. The van der Waals surface area contributed by atoms with Crippen LogP contribution < -0.4 is 0 Å². The molecule has 0 aromatic heterocycles. The third-order valence-electron chi connectivity index (χ3n) is 10.3. The molecule has 0 spiro atoms. The van der Waals surface area contributed by atoms with Crippen LogP contribution in [0.3, 0.4) is 0 Å². The van der Waals surface area contributed by atoms with Crippen LogP contribution in [-0.2, 0) is 23.7 Å². The Bertz CT molecular complexity index is 2350. The van der Waals surface area contributed by atoms with E-state index in [0.717, 1.165) is 58.5 Å². The van der Waals surface area contributed by atoms with Gasteiger partial charge in [0.15, 0.2) is 0 Å². The molecule has 0 aliphatic rings. The number of hydrogen-bond acceptors (Lipinski definition) is 0. The molecule has 0 aliphatic heterocycles. The quantitative estimate of drug-likeness (QED) is 0.124. The van der Waals surface area contributed by atoms with Crippen molar-refractivity contribution in [3.8, 4) is 35.1 Å². The van der Waals surface area contributed by atoms with Gasteiger partial charge in [0.05, 0.1) is 0 Å². The fraction of sp³-hybridized carbons (Fsp3) is 0.321. The van der Waals surface area contributed by atoms with E-state index in [-0.39, 0.29) is 10.8 Å². The summed E-state index contributed by atoms with van der Waals surface area (Å²) in [5, 5.41) is 0. The van der Waals surface area contributed by atoms with E-state index in [2.05, 4.69) is 254 Å². The highest BCUT2D eigenvalue weighted by molar-refractivity contribution is 9.11. The minimum absolute atomic E-state index is 0.115. The molecule has 0 heterocycles. The first kappa shape index (κ1) is 46.0. The fourth-order valence-electron chi connectivity index (χ4n) is 6.84. The lowest BCUT2D eigenvalue weighted by Gasteiger charge is -2.23. The van der Waals surface area contributed by atoms with Crippen molar-refractivity contribution in [1.29, 1.82) is 0 Å². The van der Waals surface area contributed by atoms with Crippen LogP contribution in [0.15, 0.2) is 84.6 Å². The second kappa shape index (κ2) is 18.3. The molecule has 5 aromatic rings. The van der Waals surface area contributed by atoms with E-state index in [1.165, 1.54) is 55.6 Å². The number of aryl methyl sites for hydroxylation is 4. The second-order valence-corrected chi connectivity index (χ2v) is 26.8. The Hall–Kier alpha value is -3.08. The normalized spacial score (nSPS) is 11.6. The topological polar surface area (TPSA) is 0 Å². The van der Waals surface area contributed by atoms with Crippen LogP contribution in [0, 0.1) is 62.8 Å². The first-order valence-electron chi connectivity index (χ1n) is 19.8. The zero-order valence-electron chi connectivity index (χ0n) is 36.3. The van der Waals surface area contributed by atoms with Gasteiger partial charge in [0, 0.05) is 58.5 Å². The summed E-state index contributed by atoms with van der Waals surface area (Å²) >= 11 is 15.6. The highest BCUT2D eigenvalue weighted by atomic mass is 79.9. The number of rotatable bonds is 4. The molecule has 5 aromatic carbocycles. The van der Waals surface area contributed by atoms with Gasteiger partial charge < -0.3 is 0 Å². The van der Waals surface area contributed by atoms with Gasteiger partial charge >= 0.3 is 0 Å². The summed E-state index contributed by atoms with van der Waals surface area (Å²) in [6.07, 6.45) is 1.66. The van der Waals surface area contributed by atoms with Gasteiger partial charge in [0.2, 0.25) is 0 Å². The molecule has 298 valence electrons. The molecule has 0 unspecified atom stereocenters. The van der Waals surface area contributed by atoms with Crippen LogP contribution >= 0.6 is 63.7 Å². The Labute approximate surface area is 384 Å². The van der Waals surface area contributed by atoms with E-state index in [1.54, 1.807) is 0 Å². The van der Waals surface area contributed by atoms with Gasteiger partial charge in [-0.3, -0.25) is 0 Å². The van der Waals surface area contributed by atoms with Gasteiger partial charge in [-0.05, 0) is 137 Å². The van der Waals surface area contributed by atoms with E-state index < -0.39 is 8.07 Å². The van der Waals surface area contributed by atoms with Crippen molar-refractivity contribution in [2.45, 2.75) is 113 Å². The monoisotopic (exact) mass is 1030 g/mol. The molecule has 5 heteroatoms. The maximum atomic E-state index is 3.89. The van der Waals surface area contributed by atoms with Gasteiger partial charge in [-0.25, -0.2) is 0 Å². The Kier molecular flexibility index (Phi) is 14.5. The third-order valence-corrected chi connectivity index (χ3v) is 14.0. The Morgan fingerprint density at radius 2 is 0.655 bits per heavy atom. The molecule has 0 nitrogen and oxygen atoms in total. The zero-order valence-corrected chi connectivity index (χ0v) is 43.6. The van der Waals surface area contributed by atoms with Crippen LogP contribution in [-0.4, -0.2) is 8.07 Å². The zero-order chi connectivity index (χ0) is 42.9. The highest BCUT2D eigenvalue weighted by Gasteiger charge is 2.20. The van der Waals surface area contributed by atoms with Crippen LogP contribution in [0.1, 0.15) is 125 Å². The second-order valence-electron chi connectivity index (χ2n) is 18.7. The summed E-state index contributed by atoms with van der Waals surface area (Å²) in [7, 11) is -1.60. The molecule has 5 rings (SSSR count). The molecule has 0 bridgehead atoms. The lowest BCUT2D eigenvalue weighted by molar-refractivity contribution is 0.588. The number of benzene rings is 5. The van der Waals surface area contributed by atoms with E-state index in [1.807, 2.05) is 0 Å². The van der Waals surface area contributed by atoms with Crippen LogP contribution in [0.5, 0.6) is 0 Å². The van der Waals surface area contributed by atoms with E-state index in [4.69, 9.17) is 0 Å². The molecule has 0 N–H and O–H groups in total. The van der Waals surface area contributed by atoms with Crippen molar-refractivity contribution in [2.24, 2.45) is 0 Å². The van der Waals surface area contributed by atoms with Crippen LogP contribution in [0.4, 0.5) is 0 Å². The van der Waals surface area contributed by atoms with Crippen molar-refractivity contribution in [2.75, 3.05) is 0 Å². The molecule has 0 radical (unpaired) electrons. The lowest BCUT2D eigenvalue weighted by Crippen LogP contribution is -2.16. The smallest absolute Gasteiger partial charge is 0.127 e. The number of halogens is 4. The van der Waals surface area contributed by atoms with Gasteiger partial charge in [-0.2, -0.15) is 0 Å². The minimum atomic E-state index is -1.60. The van der Waals surface area contributed by atoms with Crippen LogP contribution in [0.2, 0.25) is 19.6 Å². The largest absolute Gasteiger partial charge is 0.129 e. The molecule has 58 heavy (non-hydrogen) atoms. The summed E-state index contributed by atoms with van der Waals surface area (Å²) in [5.74, 6) is 17.2. The van der Waals surface area contributed by atoms with Crippen molar-refractivity contribution < 1.29 is 0 Å². The predicted molar refractivity (Wildman–Crippen MR) is 267 cm³/mol. The maximum absolute atomic E-state index is 3.89. The van der Waals surface area contributed by atoms with E-state index in [9.17, 15) is 0 Å². The van der Waals surface area contributed by atoms with Gasteiger partial charge in [-0.15, -0.1) is 5.54 Å². The molecule has 0 atom stereocenters. The Morgan fingerprint density at radius 1 is 0.397 bits per heavy atom. The summed E-state index contributed by atoms with van der Waals surface area (Å²) in [6, 6.07) is 24.1. The van der Waals surface area contributed by atoms with E-state index >= 15 is 0 Å². The molecule has 0 fully saturated rings. The van der Waals surface area contributed by atoms with Gasteiger partial charge in [0.25, 0.3) is 0 Å². The predicted octanol–water partition coefficient (Wildman–Crippen LogP) is 15.8. The summed E-state index contributed by atoms with van der Waals surface area (Å²) < 4.78 is 4.16. The number of hydrogen-bond donors (Lipinski definition) is 0. The first-order valence-corrected chi connectivity index (χ1v) is 26.4. The molecule has 0 aliphatic carbocycles. The third kappa shape index (κ3) is 12.0. The van der Waals surface area contributed by atoms with Crippen LogP contribution in [0.25, 0.3) is 0 Å². The average molecular weight is 1040 g/mol. The molecule has 0 amide bonds. The summed E-state index contributed by atoms with van der Waals surface area (Å²) in [4.78, 5) is 0. The molecular formula is C53H54Br4Si. The Balaban J connectivity index is 1.45. The Morgan fingerprint density at radius 3 is 0.914 bits per heavy atom. The highest BCUT2D eigenvalue weighted by Crippen LogP contribution is 2.35. The van der Waals surface area contributed by atoms with Crippen molar-refractivity contribution >= 4 is 71.8 Å². The van der Waals surface area contributed by atoms with E-state index in [0.29, 0.717) is 0 Å². The van der Waals surface area contributed by atoms with Crippen molar-refractivity contribution in [1.82, 2.24) is 0 Å². The average Bonchev–Trinajstić information content (AvgIpc) is 3.09. The standard InChI is InChI=1S/C53H54Br4Si/c1-33-20-42(52(5,6)7)21-34(2)44(33)31-46-48(54)27-39(28-49(46)55)16-14-37-24-38(26-41(25-37)18-19-58(11,12)13)15-17-40-29-50(56)47(51(57)30-40)32-45-35(3)22-43(23-36(45)4)53(8,9)10/h20-30H,31-32H2,1-13H3. The van der Waals surface area contributed by atoms with Gasteiger partial charge in [-0.1, -0.05) is 179 Å². The van der Waals surface area contributed by atoms with Crippen molar-refractivity contribution in [3.63, 3.8) is 0 Å². The summed E-state index contributed by atoms with van der Waals surface area (Å²) in [5.41, 5.74) is 21.5. The fourth-order valence-corrected chi connectivity index (χ4v) is 10.3. The SMILES string of the molecule is Cc1cc(C(C)(C)C)cc(C)c1Cc1c(Br)cc(C#Cc2cc(C#Cc3cc(Br)c(Cc4c(C)cc(C(C)(C)C)cc4C)c(Br)c3)cc(C#C[Si](C)(C)C)c2)cc1Br. The molecule has 0 saturated heterocycles. The molecule has 0 saturated carbocycles. The minimum Gasteiger partial charge on any atom is -0.127 e. The lowest BCUT2D eigenvalue weighted by atomic mass is 9.83.